The summed E-state index contributed by atoms with van der Waals surface area (Å²) in [5, 5.41) is 0. The van der Waals surface area contributed by atoms with Crippen molar-refractivity contribution in [1.29, 1.82) is 0 Å². The molecule has 0 N–H and O–H groups in total. The molecule has 4 rings (SSSR count). The lowest BCUT2D eigenvalue weighted by molar-refractivity contribution is -0.688. The molecule has 3 heterocycles. The minimum Gasteiger partial charge on any atom is -0.378 e. The maximum Gasteiger partial charge on any atom is 0.277 e. The van der Waals surface area contributed by atoms with Gasteiger partial charge in [0.05, 0.1) is 6.42 Å². The highest BCUT2D eigenvalue weighted by atomic mass is 15.1. The molecule has 0 saturated heterocycles. The molecular formula is C26H29N3+2. The SMILES string of the molecule is Cc1cc[n+]2c(c1)-c1cc(/C=C/C=C/c3ccc(N(C)C)cc3)cc[n+]1CCC2. The standard InChI is InChI=1S/C26H29N3/c1-21-13-17-28-15-6-16-29-18-14-23(20-26(29)25(28)19-21)8-5-4-7-22-9-11-24(12-10-22)27(2)3/h4-5,7-14,17-20H,6,15-16H2,1-3H3/q+2. The predicted molar refractivity (Wildman–Crippen MR) is 120 cm³/mol. The number of aryl methyl sites for hydroxylation is 3. The summed E-state index contributed by atoms with van der Waals surface area (Å²) in [5.41, 5.74) is 7.53. The lowest BCUT2D eigenvalue weighted by Gasteiger charge is -2.11. The molecule has 1 aromatic carbocycles. The fraction of sp³-hybridized carbons (Fsp3) is 0.231. The molecule has 1 aliphatic rings. The first-order valence-corrected chi connectivity index (χ1v) is 10.3. The number of hydrogen-bond acceptors (Lipinski definition) is 1. The smallest absolute Gasteiger partial charge is 0.277 e. The van der Waals surface area contributed by atoms with E-state index in [9.17, 15) is 0 Å². The van der Waals surface area contributed by atoms with Gasteiger partial charge in [-0.15, -0.1) is 0 Å². The van der Waals surface area contributed by atoms with Gasteiger partial charge < -0.3 is 4.90 Å². The van der Waals surface area contributed by atoms with E-state index < -0.39 is 0 Å². The number of anilines is 1. The summed E-state index contributed by atoms with van der Waals surface area (Å²) in [6, 6.07) is 17.6. The molecule has 0 atom stereocenters. The number of benzene rings is 1. The van der Waals surface area contributed by atoms with E-state index >= 15 is 0 Å². The normalized spacial score (nSPS) is 13.3. The van der Waals surface area contributed by atoms with E-state index in [0.29, 0.717) is 0 Å². The fourth-order valence-electron chi connectivity index (χ4n) is 3.74. The number of pyridine rings is 2. The summed E-state index contributed by atoms with van der Waals surface area (Å²) in [7, 11) is 4.12. The first kappa shape index (κ1) is 19.1. The highest BCUT2D eigenvalue weighted by molar-refractivity contribution is 5.61. The Kier molecular flexibility index (Phi) is 5.57. The van der Waals surface area contributed by atoms with E-state index in [1.54, 1.807) is 0 Å². The zero-order valence-electron chi connectivity index (χ0n) is 17.5. The molecule has 3 nitrogen and oxygen atoms in total. The Morgan fingerprint density at radius 2 is 1.38 bits per heavy atom. The maximum absolute atomic E-state index is 2.37. The van der Waals surface area contributed by atoms with Crippen molar-refractivity contribution < 1.29 is 9.13 Å². The Morgan fingerprint density at radius 1 is 0.759 bits per heavy atom. The van der Waals surface area contributed by atoms with Gasteiger partial charge in [0.25, 0.3) is 11.4 Å². The van der Waals surface area contributed by atoms with Gasteiger partial charge >= 0.3 is 0 Å². The topological polar surface area (TPSA) is 11.0 Å². The van der Waals surface area contributed by atoms with Crippen LogP contribution in [0, 0.1) is 6.92 Å². The van der Waals surface area contributed by atoms with Crippen LogP contribution in [0.25, 0.3) is 23.5 Å². The predicted octanol–water partition coefficient (Wildman–Crippen LogP) is 4.43. The second kappa shape index (κ2) is 8.44. The van der Waals surface area contributed by atoms with Crippen molar-refractivity contribution in [3.63, 3.8) is 0 Å². The Bertz CT molecular complexity index is 1060. The number of aromatic nitrogens is 2. The van der Waals surface area contributed by atoms with Crippen molar-refractivity contribution in [2.24, 2.45) is 0 Å². The van der Waals surface area contributed by atoms with Crippen LogP contribution < -0.4 is 14.0 Å². The molecular weight excluding hydrogens is 354 g/mol. The molecule has 1 aliphatic heterocycles. The molecule has 2 aromatic heterocycles. The Labute approximate surface area is 173 Å². The number of allylic oxidation sites excluding steroid dienone is 2. The van der Waals surface area contributed by atoms with Crippen molar-refractivity contribution >= 4 is 17.8 Å². The molecule has 3 aromatic rings. The number of hydrogen-bond donors (Lipinski definition) is 0. The van der Waals surface area contributed by atoms with Crippen LogP contribution >= 0.6 is 0 Å². The molecule has 0 unspecified atom stereocenters. The van der Waals surface area contributed by atoms with Crippen molar-refractivity contribution in [2.75, 3.05) is 19.0 Å². The average molecular weight is 384 g/mol. The van der Waals surface area contributed by atoms with Gasteiger partial charge in [0, 0.05) is 44.0 Å². The van der Waals surface area contributed by atoms with Crippen LogP contribution in [0.5, 0.6) is 0 Å². The Hall–Kier alpha value is -3.20. The number of nitrogens with zero attached hydrogens (tertiary/aromatic N) is 3. The molecule has 0 radical (unpaired) electrons. The summed E-state index contributed by atoms with van der Waals surface area (Å²) < 4.78 is 4.74. The molecule has 0 bridgehead atoms. The quantitative estimate of drug-likeness (QED) is 0.479. The Balaban J connectivity index is 1.55. The molecule has 0 fully saturated rings. The van der Waals surface area contributed by atoms with Gasteiger partial charge in [-0.25, -0.2) is 0 Å². The highest BCUT2D eigenvalue weighted by Crippen LogP contribution is 2.18. The van der Waals surface area contributed by atoms with Crippen LogP contribution in [0.3, 0.4) is 0 Å². The summed E-state index contributed by atoms with van der Waals surface area (Å²) in [4.78, 5) is 2.11. The minimum atomic E-state index is 1.06. The molecule has 29 heavy (non-hydrogen) atoms. The highest BCUT2D eigenvalue weighted by Gasteiger charge is 2.26. The monoisotopic (exact) mass is 383 g/mol. The summed E-state index contributed by atoms with van der Waals surface area (Å²) >= 11 is 0. The van der Waals surface area contributed by atoms with Crippen LogP contribution in [0.15, 0.2) is 73.1 Å². The lowest BCUT2D eigenvalue weighted by Crippen LogP contribution is -2.37. The second-order valence-corrected chi connectivity index (χ2v) is 7.88. The van der Waals surface area contributed by atoms with Crippen LogP contribution in [0.1, 0.15) is 23.1 Å². The summed E-state index contributed by atoms with van der Waals surface area (Å²) in [5.74, 6) is 0. The molecule has 0 spiro atoms. The second-order valence-electron chi connectivity index (χ2n) is 7.88. The van der Waals surface area contributed by atoms with Crippen molar-refractivity contribution in [2.45, 2.75) is 26.4 Å². The van der Waals surface area contributed by atoms with Gasteiger partial charge in [0.1, 0.15) is 0 Å². The van der Waals surface area contributed by atoms with E-state index in [2.05, 4.69) is 120 Å². The lowest BCUT2D eigenvalue weighted by atomic mass is 10.1. The first-order valence-electron chi connectivity index (χ1n) is 10.3. The average Bonchev–Trinajstić information content (AvgIpc) is 2.90. The van der Waals surface area contributed by atoms with E-state index in [1.165, 1.54) is 33.8 Å². The van der Waals surface area contributed by atoms with Crippen LogP contribution in [-0.4, -0.2) is 14.1 Å². The molecule has 146 valence electrons. The van der Waals surface area contributed by atoms with Crippen LogP contribution in [0.2, 0.25) is 0 Å². The van der Waals surface area contributed by atoms with Gasteiger partial charge in [-0.1, -0.05) is 36.4 Å². The van der Waals surface area contributed by atoms with Crippen LogP contribution in [-0.2, 0) is 13.1 Å². The minimum absolute atomic E-state index is 1.06. The Morgan fingerprint density at radius 3 is 2.07 bits per heavy atom. The summed E-state index contributed by atoms with van der Waals surface area (Å²) in [6.45, 7) is 4.29. The van der Waals surface area contributed by atoms with Crippen LogP contribution in [0.4, 0.5) is 5.69 Å². The third-order valence-electron chi connectivity index (χ3n) is 5.41. The third-order valence-corrected chi connectivity index (χ3v) is 5.41. The molecule has 0 amide bonds. The van der Waals surface area contributed by atoms with E-state index in [4.69, 9.17) is 0 Å². The van der Waals surface area contributed by atoms with Gasteiger partial charge in [-0.05, 0) is 35.7 Å². The van der Waals surface area contributed by atoms with E-state index in [-0.39, 0.29) is 0 Å². The van der Waals surface area contributed by atoms with E-state index in [1.807, 2.05) is 0 Å². The zero-order chi connectivity index (χ0) is 20.2. The molecule has 0 saturated carbocycles. The summed E-state index contributed by atoms with van der Waals surface area (Å²) in [6.07, 6.45) is 14.1. The van der Waals surface area contributed by atoms with Crippen molar-refractivity contribution in [1.82, 2.24) is 0 Å². The zero-order valence-corrected chi connectivity index (χ0v) is 17.5. The first-order chi connectivity index (χ1) is 14.1. The van der Waals surface area contributed by atoms with Gasteiger partial charge in [-0.3, -0.25) is 0 Å². The molecule has 3 heteroatoms. The van der Waals surface area contributed by atoms with Gasteiger partial charge in [0.2, 0.25) is 0 Å². The largest absolute Gasteiger partial charge is 0.378 e. The molecule has 0 aliphatic carbocycles. The van der Waals surface area contributed by atoms with Gasteiger partial charge in [-0.2, -0.15) is 9.13 Å². The van der Waals surface area contributed by atoms with Crippen molar-refractivity contribution in [3.8, 4) is 11.4 Å². The van der Waals surface area contributed by atoms with E-state index in [0.717, 1.165) is 19.5 Å². The number of rotatable bonds is 4. The van der Waals surface area contributed by atoms with Crippen molar-refractivity contribution in [3.05, 3.63) is 89.8 Å². The third kappa shape index (κ3) is 4.45. The number of fused-ring (bicyclic) bond motifs is 3. The van der Waals surface area contributed by atoms with Gasteiger partial charge in [0.15, 0.2) is 25.5 Å². The fourth-order valence-corrected chi connectivity index (χ4v) is 3.74. The maximum atomic E-state index is 2.37.